The van der Waals surface area contributed by atoms with Gasteiger partial charge in [-0.25, -0.2) is 9.50 Å². The number of amides is 1. The molecule has 0 atom stereocenters. The summed E-state index contributed by atoms with van der Waals surface area (Å²) in [5.74, 6) is 1.14. The molecule has 0 unspecified atom stereocenters. The molecule has 0 fully saturated rings. The molecule has 2 aromatic heterocycles. The van der Waals surface area contributed by atoms with Gasteiger partial charge in [-0.15, -0.1) is 0 Å². The number of benzene rings is 2. The standard InChI is InChI=1S/C24H24N4O3/c1-16-4-7-18(8-5-16)20-11-13-25-23-19(15-27-28(20)23)24(29)26-12-10-17-6-9-21(30-2)22(14-17)31-3/h4-9,11,13-15H,10,12H2,1-3H3,(H,26,29). The lowest BCUT2D eigenvalue weighted by Gasteiger charge is -2.10. The molecule has 0 aliphatic heterocycles. The first-order chi connectivity index (χ1) is 15.1. The van der Waals surface area contributed by atoms with Gasteiger partial charge in [0.05, 0.1) is 26.1 Å². The Morgan fingerprint density at radius 3 is 2.55 bits per heavy atom. The molecule has 0 aliphatic carbocycles. The minimum atomic E-state index is -0.205. The number of carbonyl (C=O) groups is 1. The molecule has 1 amide bonds. The van der Waals surface area contributed by atoms with E-state index in [1.807, 2.05) is 55.5 Å². The summed E-state index contributed by atoms with van der Waals surface area (Å²) in [5.41, 5.74) is 5.10. The number of aryl methyl sites for hydroxylation is 1. The Kier molecular flexibility index (Phi) is 5.84. The first-order valence-corrected chi connectivity index (χ1v) is 9.99. The van der Waals surface area contributed by atoms with Crippen LogP contribution in [-0.4, -0.2) is 41.3 Å². The van der Waals surface area contributed by atoms with E-state index in [-0.39, 0.29) is 5.91 Å². The highest BCUT2D eigenvalue weighted by Crippen LogP contribution is 2.27. The maximum Gasteiger partial charge on any atom is 0.256 e. The van der Waals surface area contributed by atoms with Crippen molar-refractivity contribution < 1.29 is 14.3 Å². The Hall–Kier alpha value is -3.87. The van der Waals surface area contributed by atoms with Gasteiger partial charge in [-0.05, 0) is 37.1 Å². The highest BCUT2D eigenvalue weighted by molar-refractivity contribution is 5.99. The minimum absolute atomic E-state index is 0.205. The zero-order chi connectivity index (χ0) is 21.8. The number of nitrogens with zero attached hydrogens (tertiary/aromatic N) is 3. The zero-order valence-corrected chi connectivity index (χ0v) is 17.8. The fourth-order valence-corrected chi connectivity index (χ4v) is 3.45. The van der Waals surface area contributed by atoms with Gasteiger partial charge in [0, 0.05) is 18.3 Å². The lowest BCUT2D eigenvalue weighted by Crippen LogP contribution is -2.25. The molecular formula is C24H24N4O3. The molecule has 0 saturated heterocycles. The Morgan fingerprint density at radius 1 is 1.03 bits per heavy atom. The monoisotopic (exact) mass is 416 g/mol. The topological polar surface area (TPSA) is 77.8 Å². The number of hydrogen-bond acceptors (Lipinski definition) is 5. The third-order valence-electron chi connectivity index (χ3n) is 5.14. The van der Waals surface area contributed by atoms with Crippen LogP contribution in [0.15, 0.2) is 60.9 Å². The van der Waals surface area contributed by atoms with E-state index < -0.39 is 0 Å². The fraction of sp³-hybridized carbons (Fsp3) is 0.208. The number of aromatic nitrogens is 3. The quantitative estimate of drug-likeness (QED) is 0.497. The van der Waals surface area contributed by atoms with Crippen molar-refractivity contribution in [1.29, 1.82) is 0 Å². The van der Waals surface area contributed by atoms with Gasteiger partial charge in [0.2, 0.25) is 0 Å². The van der Waals surface area contributed by atoms with Crippen LogP contribution >= 0.6 is 0 Å². The van der Waals surface area contributed by atoms with Gasteiger partial charge in [0.25, 0.3) is 5.91 Å². The van der Waals surface area contributed by atoms with Crippen molar-refractivity contribution >= 4 is 11.6 Å². The number of methoxy groups -OCH3 is 2. The second-order valence-electron chi connectivity index (χ2n) is 7.18. The molecule has 0 saturated carbocycles. The zero-order valence-electron chi connectivity index (χ0n) is 17.8. The summed E-state index contributed by atoms with van der Waals surface area (Å²) in [5, 5.41) is 7.36. The lowest BCUT2D eigenvalue weighted by atomic mass is 10.1. The summed E-state index contributed by atoms with van der Waals surface area (Å²) in [6, 6.07) is 15.8. The van der Waals surface area contributed by atoms with Crippen LogP contribution in [0.25, 0.3) is 16.9 Å². The van der Waals surface area contributed by atoms with Crippen molar-refractivity contribution in [2.24, 2.45) is 0 Å². The maximum absolute atomic E-state index is 12.8. The summed E-state index contributed by atoms with van der Waals surface area (Å²) < 4.78 is 12.3. The van der Waals surface area contributed by atoms with Crippen molar-refractivity contribution in [2.75, 3.05) is 20.8 Å². The van der Waals surface area contributed by atoms with E-state index in [1.54, 1.807) is 31.1 Å². The highest BCUT2D eigenvalue weighted by Gasteiger charge is 2.16. The van der Waals surface area contributed by atoms with Gasteiger partial charge < -0.3 is 14.8 Å². The summed E-state index contributed by atoms with van der Waals surface area (Å²) in [4.78, 5) is 17.2. The van der Waals surface area contributed by atoms with E-state index in [2.05, 4.69) is 15.4 Å². The molecule has 7 nitrogen and oxygen atoms in total. The van der Waals surface area contributed by atoms with Crippen LogP contribution in [0.3, 0.4) is 0 Å². The van der Waals surface area contributed by atoms with Gasteiger partial charge in [-0.2, -0.15) is 5.10 Å². The molecule has 1 N–H and O–H groups in total. The largest absolute Gasteiger partial charge is 0.493 e. The van der Waals surface area contributed by atoms with Crippen LogP contribution in [0.2, 0.25) is 0 Å². The molecule has 7 heteroatoms. The second-order valence-corrected chi connectivity index (χ2v) is 7.18. The van der Waals surface area contributed by atoms with Gasteiger partial charge in [-0.3, -0.25) is 4.79 Å². The molecule has 158 valence electrons. The average Bonchev–Trinajstić information content (AvgIpc) is 3.24. The predicted molar refractivity (Wildman–Crippen MR) is 119 cm³/mol. The summed E-state index contributed by atoms with van der Waals surface area (Å²) >= 11 is 0. The molecule has 0 aliphatic rings. The van der Waals surface area contributed by atoms with Crippen molar-refractivity contribution in [3.63, 3.8) is 0 Å². The average molecular weight is 416 g/mol. The number of fused-ring (bicyclic) bond motifs is 1. The van der Waals surface area contributed by atoms with Crippen LogP contribution in [0.4, 0.5) is 0 Å². The van der Waals surface area contributed by atoms with E-state index in [1.165, 1.54) is 5.56 Å². The third kappa shape index (κ3) is 4.21. The third-order valence-corrected chi connectivity index (χ3v) is 5.14. The van der Waals surface area contributed by atoms with Crippen molar-refractivity contribution in [2.45, 2.75) is 13.3 Å². The van der Waals surface area contributed by atoms with Gasteiger partial charge >= 0.3 is 0 Å². The number of ether oxygens (including phenoxy) is 2. The van der Waals surface area contributed by atoms with E-state index in [0.29, 0.717) is 35.7 Å². The molecule has 4 aromatic rings. The molecule has 4 rings (SSSR count). The van der Waals surface area contributed by atoms with Crippen LogP contribution in [-0.2, 0) is 6.42 Å². The maximum atomic E-state index is 12.8. The Morgan fingerprint density at radius 2 is 1.81 bits per heavy atom. The van der Waals surface area contributed by atoms with Crippen molar-refractivity contribution in [1.82, 2.24) is 19.9 Å². The van der Waals surface area contributed by atoms with Gasteiger partial charge in [0.1, 0.15) is 5.56 Å². The summed E-state index contributed by atoms with van der Waals surface area (Å²) in [6.45, 7) is 2.52. The molecule has 0 bridgehead atoms. The molecule has 0 spiro atoms. The van der Waals surface area contributed by atoms with E-state index in [0.717, 1.165) is 16.8 Å². The number of nitrogens with one attached hydrogen (secondary N) is 1. The van der Waals surface area contributed by atoms with E-state index >= 15 is 0 Å². The molecular weight excluding hydrogens is 392 g/mol. The van der Waals surface area contributed by atoms with Gasteiger partial charge in [-0.1, -0.05) is 35.9 Å². The summed E-state index contributed by atoms with van der Waals surface area (Å²) in [6.07, 6.45) is 3.92. The first-order valence-electron chi connectivity index (χ1n) is 9.99. The molecule has 2 heterocycles. The minimum Gasteiger partial charge on any atom is -0.493 e. The first kappa shape index (κ1) is 20.4. The molecule has 2 aromatic carbocycles. The van der Waals surface area contributed by atoms with Crippen LogP contribution in [0.1, 0.15) is 21.5 Å². The number of hydrogen-bond donors (Lipinski definition) is 1. The number of carbonyl (C=O) groups excluding carboxylic acids is 1. The smallest absolute Gasteiger partial charge is 0.256 e. The Balaban J connectivity index is 1.49. The van der Waals surface area contributed by atoms with E-state index in [9.17, 15) is 4.79 Å². The van der Waals surface area contributed by atoms with E-state index in [4.69, 9.17) is 9.47 Å². The van der Waals surface area contributed by atoms with Gasteiger partial charge in [0.15, 0.2) is 17.1 Å². The van der Waals surface area contributed by atoms with Crippen LogP contribution in [0, 0.1) is 6.92 Å². The molecule has 31 heavy (non-hydrogen) atoms. The highest BCUT2D eigenvalue weighted by atomic mass is 16.5. The second kappa shape index (κ2) is 8.87. The van der Waals surface area contributed by atoms with Crippen molar-refractivity contribution in [3.05, 3.63) is 77.6 Å². The van der Waals surface area contributed by atoms with Crippen LogP contribution in [0.5, 0.6) is 11.5 Å². The summed E-state index contributed by atoms with van der Waals surface area (Å²) in [7, 11) is 3.21. The lowest BCUT2D eigenvalue weighted by molar-refractivity contribution is 0.0955. The normalized spacial score (nSPS) is 10.8. The van der Waals surface area contributed by atoms with Crippen molar-refractivity contribution in [3.8, 4) is 22.8 Å². The van der Waals surface area contributed by atoms with Crippen LogP contribution < -0.4 is 14.8 Å². The SMILES string of the molecule is COc1ccc(CCNC(=O)c2cnn3c(-c4ccc(C)cc4)ccnc23)cc1OC. The molecule has 0 radical (unpaired) electrons. The Labute approximate surface area is 180 Å². The predicted octanol–water partition coefficient (Wildman–Crippen LogP) is 3.69. The fourth-order valence-electron chi connectivity index (χ4n) is 3.45. The Bertz CT molecular complexity index is 1220. The number of rotatable bonds is 7.